The maximum absolute atomic E-state index is 2.75. The topological polar surface area (TPSA) is 48.1 Å². The van der Waals surface area contributed by atoms with Crippen LogP contribution in [0.25, 0.3) is 0 Å². The van der Waals surface area contributed by atoms with Crippen LogP contribution in [-0.4, -0.2) is 56.4 Å². The second-order valence-electron chi connectivity index (χ2n) is 2.00. The van der Waals surface area contributed by atoms with E-state index >= 15 is 0 Å². The molecule has 0 aromatic carbocycles. The van der Waals surface area contributed by atoms with Gasteiger partial charge in [0.25, 0.3) is 0 Å². The summed E-state index contributed by atoms with van der Waals surface area (Å²) >= 11 is 0. The van der Waals surface area contributed by atoms with Gasteiger partial charge in [-0.2, -0.15) is 0 Å². The molecule has 0 fully saturated rings. The minimum absolute atomic E-state index is 0. The van der Waals surface area contributed by atoms with Gasteiger partial charge < -0.3 is 21.3 Å². The Balaban J connectivity index is -0.0000000213. The first-order valence-corrected chi connectivity index (χ1v) is 4.00. The molecule has 0 aliphatic heterocycles. The number of hydrogen-bond acceptors (Lipinski definition) is 4. The minimum Gasteiger partial charge on any atom is -0.323 e. The van der Waals surface area contributed by atoms with Crippen molar-refractivity contribution in [2.45, 2.75) is 0 Å². The van der Waals surface area contributed by atoms with Crippen LogP contribution in [-0.2, 0) is 19.5 Å². The summed E-state index contributed by atoms with van der Waals surface area (Å²) in [6.07, 6.45) is 0. The van der Waals surface area contributed by atoms with Gasteiger partial charge in [0.1, 0.15) is 0 Å². The Morgan fingerprint density at radius 1 is 0.385 bits per heavy atom. The van der Waals surface area contributed by atoms with Crippen LogP contribution in [0.5, 0.6) is 0 Å². The first-order valence-electron chi connectivity index (χ1n) is 4.00. The molecule has 0 unspecified atom stereocenters. The number of rotatable bonds is 0. The van der Waals surface area contributed by atoms with Gasteiger partial charge in [-0.3, -0.25) is 0 Å². The Hall–Kier alpha value is 0.463. The average molecular weight is 281 g/mol. The molecule has 0 rings (SSSR count). The van der Waals surface area contributed by atoms with Gasteiger partial charge in [0.2, 0.25) is 0 Å². The van der Waals surface area contributed by atoms with Gasteiger partial charge >= 0.3 is 19.5 Å². The molecule has 0 atom stereocenters. The summed E-state index contributed by atoms with van der Waals surface area (Å²) in [4.78, 5) is 0. The van der Waals surface area contributed by atoms with Crippen LogP contribution in [0.3, 0.4) is 0 Å². The third kappa shape index (κ3) is 6350. The van der Waals surface area contributed by atoms with Gasteiger partial charge in [-0.05, 0) is 56.4 Å². The van der Waals surface area contributed by atoms with E-state index in [4.69, 9.17) is 0 Å². The van der Waals surface area contributed by atoms with Gasteiger partial charge in [-0.25, -0.2) is 0 Å². The SMILES string of the molecule is CNC.CNC.CNC.CNC.[Ru+3]. The summed E-state index contributed by atoms with van der Waals surface area (Å²) in [5, 5.41) is 11.0. The number of nitrogens with one attached hydrogen (secondary N) is 4. The van der Waals surface area contributed by atoms with E-state index in [-0.39, 0.29) is 19.5 Å². The monoisotopic (exact) mass is 282 g/mol. The largest absolute Gasteiger partial charge is 3.00 e. The van der Waals surface area contributed by atoms with E-state index in [1.165, 1.54) is 0 Å². The van der Waals surface area contributed by atoms with E-state index < -0.39 is 0 Å². The van der Waals surface area contributed by atoms with Crippen LogP contribution in [0.2, 0.25) is 0 Å². The summed E-state index contributed by atoms with van der Waals surface area (Å²) < 4.78 is 0. The van der Waals surface area contributed by atoms with E-state index in [0.717, 1.165) is 0 Å². The fourth-order valence-electron chi connectivity index (χ4n) is 0. The smallest absolute Gasteiger partial charge is 0.323 e. The normalized spacial score (nSPS) is 5.54. The van der Waals surface area contributed by atoms with Gasteiger partial charge in [0, 0.05) is 0 Å². The Morgan fingerprint density at radius 2 is 0.385 bits per heavy atom. The predicted octanol–water partition coefficient (Wildman–Crippen LogP) is -0.660. The molecule has 0 aromatic rings. The van der Waals surface area contributed by atoms with Crippen molar-refractivity contribution in [3.63, 3.8) is 0 Å². The molecule has 0 saturated carbocycles. The molecule has 13 heavy (non-hydrogen) atoms. The van der Waals surface area contributed by atoms with Gasteiger partial charge in [0.15, 0.2) is 0 Å². The fourth-order valence-corrected chi connectivity index (χ4v) is 0. The van der Waals surface area contributed by atoms with Crippen molar-refractivity contribution in [2.75, 3.05) is 56.4 Å². The fraction of sp³-hybridized carbons (Fsp3) is 1.00. The quantitative estimate of drug-likeness (QED) is 0.445. The molecule has 0 spiro atoms. The summed E-state index contributed by atoms with van der Waals surface area (Å²) in [6, 6.07) is 0. The molecular formula is C8H28N4Ru+3. The molecule has 0 aromatic heterocycles. The predicted molar refractivity (Wildman–Crippen MR) is 59.9 cm³/mol. The van der Waals surface area contributed by atoms with Crippen LogP contribution < -0.4 is 21.3 Å². The third-order valence-corrected chi connectivity index (χ3v) is 0. The number of hydrogen-bond donors (Lipinski definition) is 4. The molecule has 0 bridgehead atoms. The van der Waals surface area contributed by atoms with Crippen molar-refractivity contribution in [3.05, 3.63) is 0 Å². The summed E-state index contributed by atoms with van der Waals surface area (Å²) in [5.41, 5.74) is 0. The molecule has 0 heterocycles. The zero-order chi connectivity index (χ0) is 10.8. The Labute approximate surface area is 97.4 Å². The molecule has 1 radical (unpaired) electrons. The standard InChI is InChI=1S/4C2H7N.Ru/c4*1-3-2;/h4*3H,1-2H3;/q;;;;+3. The summed E-state index contributed by atoms with van der Waals surface area (Å²) in [6.45, 7) is 0. The van der Waals surface area contributed by atoms with Gasteiger partial charge in [0.05, 0.1) is 0 Å². The molecular weight excluding hydrogens is 253 g/mol. The van der Waals surface area contributed by atoms with E-state index in [1.54, 1.807) is 0 Å². The van der Waals surface area contributed by atoms with Gasteiger partial charge in [-0.1, -0.05) is 0 Å². The van der Waals surface area contributed by atoms with E-state index in [0.29, 0.717) is 0 Å². The molecule has 0 amide bonds. The van der Waals surface area contributed by atoms with E-state index in [2.05, 4.69) is 21.3 Å². The first-order chi connectivity index (χ1) is 5.66. The zero-order valence-electron chi connectivity index (χ0n) is 10.4. The molecule has 0 aliphatic rings. The van der Waals surface area contributed by atoms with E-state index in [1.807, 2.05) is 56.4 Å². The van der Waals surface area contributed by atoms with E-state index in [9.17, 15) is 0 Å². The van der Waals surface area contributed by atoms with Crippen molar-refractivity contribution in [3.8, 4) is 0 Å². The Kier molecular flexibility index (Phi) is 185. The van der Waals surface area contributed by atoms with Gasteiger partial charge in [-0.15, -0.1) is 0 Å². The Bertz CT molecular complexity index is 24.1. The Morgan fingerprint density at radius 3 is 0.385 bits per heavy atom. The molecule has 85 valence electrons. The average Bonchev–Trinajstić information content (AvgIpc) is 1.92. The van der Waals surface area contributed by atoms with Crippen LogP contribution in [0.4, 0.5) is 0 Å². The second kappa shape index (κ2) is 82.2. The minimum atomic E-state index is 0. The molecule has 4 N–H and O–H groups in total. The molecule has 5 heteroatoms. The third-order valence-electron chi connectivity index (χ3n) is 0. The van der Waals surface area contributed by atoms with Crippen LogP contribution in [0, 0.1) is 0 Å². The van der Waals surface area contributed by atoms with Crippen molar-refractivity contribution >= 4 is 0 Å². The van der Waals surface area contributed by atoms with Crippen molar-refractivity contribution in [1.82, 2.24) is 21.3 Å². The zero-order valence-corrected chi connectivity index (χ0v) is 12.1. The van der Waals surface area contributed by atoms with Crippen LogP contribution in [0.1, 0.15) is 0 Å². The molecule has 0 aliphatic carbocycles. The van der Waals surface area contributed by atoms with Crippen molar-refractivity contribution in [2.24, 2.45) is 0 Å². The molecule has 4 nitrogen and oxygen atoms in total. The second-order valence-corrected chi connectivity index (χ2v) is 2.00. The van der Waals surface area contributed by atoms with Crippen LogP contribution >= 0.6 is 0 Å². The molecule has 0 saturated heterocycles. The van der Waals surface area contributed by atoms with Crippen LogP contribution in [0.15, 0.2) is 0 Å². The first kappa shape index (κ1) is 29.2. The van der Waals surface area contributed by atoms with Crippen molar-refractivity contribution < 1.29 is 19.5 Å². The van der Waals surface area contributed by atoms with Crippen molar-refractivity contribution in [1.29, 1.82) is 0 Å². The summed E-state index contributed by atoms with van der Waals surface area (Å²) in [5.74, 6) is 0. The summed E-state index contributed by atoms with van der Waals surface area (Å²) in [7, 11) is 15.0. The maximum atomic E-state index is 2.75. The maximum Gasteiger partial charge on any atom is 3.00 e.